The summed E-state index contributed by atoms with van der Waals surface area (Å²) >= 11 is 0. The minimum atomic E-state index is 0.319. The molecule has 1 aliphatic rings. The number of hydrogen-bond acceptors (Lipinski definition) is 2. The molecule has 0 saturated heterocycles. The van der Waals surface area contributed by atoms with E-state index in [1.807, 2.05) is 18.2 Å². The van der Waals surface area contributed by atoms with Gasteiger partial charge in [-0.2, -0.15) is 5.26 Å². The van der Waals surface area contributed by atoms with Crippen molar-refractivity contribution in [1.82, 2.24) is 5.32 Å². The predicted octanol–water partition coefficient (Wildman–Crippen LogP) is 3.25. The second-order valence-corrected chi connectivity index (χ2v) is 5.76. The summed E-state index contributed by atoms with van der Waals surface area (Å²) in [5.41, 5.74) is 2.46. The van der Waals surface area contributed by atoms with Crippen molar-refractivity contribution in [2.45, 2.75) is 33.2 Å². The molecule has 1 saturated carbocycles. The van der Waals surface area contributed by atoms with Crippen molar-refractivity contribution in [3.63, 3.8) is 0 Å². The van der Waals surface area contributed by atoms with Gasteiger partial charge in [-0.1, -0.05) is 26.0 Å². The Balaban J connectivity index is 1.91. The highest BCUT2D eigenvalue weighted by molar-refractivity contribution is 5.34. The summed E-state index contributed by atoms with van der Waals surface area (Å²) in [6.45, 7) is 7.87. The Kier molecular flexibility index (Phi) is 3.22. The third-order valence-corrected chi connectivity index (χ3v) is 3.90. The molecule has 90 valence electrons. The molecule has 2 atom stereocenters. The second kappa shape index (κ2) is 4.50. The first kappa shape index (κ1) is 12.1. The van der Waals surface area contributed by atoms with Crippen molar-refractivity contribution in [2.75, 3.05) is 6.54 Å². The van der Waals surface area contributed by atoms with E-state index in [9.17, 15) is 0 Å². The first-order valence-corrected chi connectivity index (χ1v) is 6.26. The molecule has 1 aromatic rings. The van der Waals surface area contributed by atoms with Gasteiger partial charge < -0.3 is 5.32 Å². The Morgan fingerprint density at radius 1 is 1.53 bits per heavy atom. The van der Waals surface area contributed by atoms with E-state index in [1.165, 1.54) is 12.0 Å². The SMILES string of the molecule is CC(NCC1CC1(C)C)c1cccc(C#N)c1. The van der Waals surface area contributed by atoms with Crippen LogP contribution in [0, 0.1) is 22.7 Å². The minimum absolute atomic E-state index is 0.319. The highest BCUT2D eigenvalue weighted by Crippen LogP contribution is 2.51. The molecule has 2 unspecified atom stereocenters. The molecule has 0 spiro atoms. The van der Waals surface area contributed by atoms with E-state index >= 15 is 0 Å². The molecule has 0 heterocycles. The third-order valence-electron chi connectivity index (χ3n) is 3.90. The first-order chi connectivity index (χ1) is 8.03. The Morgan fingerprint density at radius 3 is 2.82 bits per heavy atom. The number of nitriles is 1. The molecular weight excluding hydrogens is 208 g/mol. The standard InChI is InChI=1S/C15H20N2/c1-11(17-10-14-8-15(14,2)3)13-6-4-5-12(7-13)9-16/h4-7,11,14,17H,8,10H2,1-3H3. The number of benzene rings is 1. The zero-order valence-corrected chi connectivity index (χ0v) is 10.8. The van der Waals surface area contributed by atoms with E-state index in [-0.39, 0.29) is 0 Å². The van der Waals surface area contributed by atoms with E-state index < -0.39 is 0 Å². The Labute approximate surface area is 104 Å². The first-order valence-electron chi connectivity index (χ1n) is 6.26. The highest BCUT2D eigenvalue weighted by atomic mass is 14.9. The zero-order chi connectivity index (χ0) is 12.5. The van der Waals surface area contributed by atoms with E-state index in [4.69, 9.17) is 5.26 Å². The van der Waals surface area contributed by atoms with Crippen LogP contribution in [0.4, 0.5) is 0 Å². The fourth-order valence-electron chi connectivity index (χ4n) is 2.24. The average Bonchev–Trinajstić information content (AvgIpc) is 2.94. The Hall–Kier alpha value is -1.33. The normalized spacial score (nSPS) is 22.8. The van der Waals surface area contributed by atoms with Crippen molar-refractivity contribution in [3.05, 3.63) is 35.4 Å². The van der Waals surface area contributed by atoms with E-state index in [2.05, 4.69) is 38.2 Å². The van der Waals surface area contributed by atoms with Crippen molar-refractivity contribution < 1.29 is 0 Å². The van der Waals surface area contributed by atoms with Gasteiger partial charge >= 0.3 is 0 Å². The molecule has 2 heteroatoms. The summed E-state index contributed by atoms with van der Waals surface area (Å²) in [6, 6.07) is 10.4. The lowest BCUT2D eigenvalue weighted by molar-refractivity contribution is 0.485. The summed E-state index contributed by atoms with van der Waals surface area (Å²) in [5.74, 6) is 0.809. The number of nitrogens with one attached hydrogen (secondary N) is 1. The van der Waals surface area contributed by atoms with Gasteiger partial charge in [-0.05, 0) is 48.9 Å². The predicted molar refractivity (Wildman–Crippen MR) is 69.5 cm³/mol. The highest BCUT2D eigenvalue weighted by Gasteiger charge is 2.44. The number of nitrogens with zero attached hydrogens (tertiary/aromatic N) is 1. The van der Waals surface area contributed by atoms with Crippen LogP contribution in [0.25, 0.3) is 0 Å². The van der Waals surface area contributed by atoms with Gasteiger partial charge in [0, 0.05) is 6.04 Å². The van der Waals surface area contributed by atoms with Gasteiger partial charge in [0.05, 0.1) is 11.6 Å². The average molecular weight is 228 g/mol. The molecule has 0 aromatic heterocycles. The lowest BCUT2D eigenvalue weighted by Crippen LogP contribution is -2.22. The molecule has 17 heavy (non-hydrogen) atoms. The van der Waals surface area contributed by atoms with Gasteiger partial charge in [0.25, 0.3) is 0 Å². The van der Waals surface area contributed by atoms with Crippen molar-refractivity contribution in [3.8, 4) is 6.07 Å². The number of hydrogen-bond donors (Lipinski definition) is 1. The van der Waals surface area contributed by atoms with E-state index in [0.29, 0.717) is 11.5 Å². The number of rotatable bonds is 4. The van der Waals surface area contributed by atoms with Gasteiger partial charge in [-0.25, -0.2) is 0 Å². The van der Waals surface area contributed by atoms with Crippen LogP contribution in [0.15, 0.2) is 24.3 Å². The van der Waals surface area contributed by atoms with Gasteiger partial charge in [0.15, 0.2) is 0 Å². The molecule has 1 aliphatic carbocycles. The zero-order valence-electron chi connectivity index (χ0n) is 10.8. The van der Waals surface area contributed by atoms with Crippen molar-refractivity contribution in [2.24, 2.45) is 11.3 Å². The lowest BCUT2D eigenvalue weighted by Gasteiger charge is -2.15. The fraction of sp³-hybridized carbons (Fsp3) is 0.533. The molecule has 1 fully saturated rings. The molecular formula is C15H20N2. The smallest absolute Gasteiger partial charge is 0.0991 e. The fourth-order valence-corrected chi connectivity index (χ4v) is 2.24. The summed E-state index contributed by atoms with van der Waals surface area (Å²) < 4.78 is 0. The summed E-state index contributed by atoms with van der Waals surface area (Å²) in [7, 11) is 0. The molecule has 0 radical (unpaired) electrons. The van der Waals surface area contributed by atoms with Crippen LogP contribution >= 0.6 is 0 Å². The molecule has 0 bridgehead atoms. The van der Waals surface area contributed by atoms with Gasteiger partial charge in [-0.3, -0.25) is 0 Å². The molecule has 2 rings (SSSR count). The molecule has 1 N–H and O–H groups in total. The Morgan fingerprint density at radius 2 is 2.24 bits per heavy atom. The molecule has 2 nitrogen and oxygen atoms in total. The van der Waals surface area contributed by atoms with Gasteiger partial charge in [0.2, 0.25) is 0 Å². The maximum Gasteiger partial charge on any atom is 0.0991 e. The summed E-state index contributed by atoms with van der Waals surface area (Å²) in [4.78, 5) is 0. The van der Waals surface area contributed by atoms with Crippen LogP contribution in [0.2, 0.25) is 0 Å². The van der Waals surface area contributed by atoms with Crippen LogP contribution in [-0.2, 0) is 0 Å². The largest absolute Gasteiger partial charge is 0.310 e. The van der Waals surface area contributed by atoms with Crippen LogP contribution in [-0.4, -0.2) is 6.54 Å². The van der Waals surface area contributed by atoms with E-state index in [1.54, 1.807) is 0 Å². The third kappa shape index (κ3) is 2.87. The molecule has 0 amide bonds. The molecule has 1 aromatic carbocycles. The summed E-state index contributed by atoms with van der Waals surface area (Å²) in [6.07, 6.45) is 1.32. The van der Waals surface area contributed by atoms with Crippen LogP contribution in [0.1, 0.15) is 44.4 Å². The Bertz CT molecular complexity index is 442. The van der Waals surface area contributed by atoms with Gasteiger partial charge in [-0.15, -0.1) is 0 Å². The van der Waals surface area contributed by atoms with Crippen molar-refractivity contribution >= 4 is 0 Å². The quantitative estimate of drug-likeness (QED) is 0.858. The minimum Gasteiger partial charge on any atom is -0.310 e. The van der Waals surface area contributed by atoms with E-state index in [0.717, 1.165) is 18.0 Å². The van der Waals surface area contributed by atoms with Gasteiger partial charge in [0.1, 0.15) is 0 Å². The van der Waals surface area contributed by atoms with Crippen LogP contribution < -0.4 is 5.32 Å². The maximum atomic E-state index is 8.87. The second-order valence-electron chi connectivity index (χ2n) is 5.76. The summed E-state index contributed by atoms with van der Waals surface area (Å²) in [5, 5.41) is 12.4. The molecule has 0 aliphatic heterocycles. The maximum absolute atomic E-state index is 8.87. The van der Waals surface area contributed by atoms with Crippen molar-refractivity contribution in [1.29, 1.82) is 5.26 Å². The van der Waals surface area contributed by atoms with Crippen LogP contribution in [0.5, 0.6) is 0 Å². The topological polar surface area (TPSA) is 35.8 Å². The lowest BCUT2D eigenvalue weighted by atomic mass is 10.0. The van der Waals surface area contributed by atoms with Crippen LogP contribution in [0.3, 0.4) is 0 Å². The monoisotopic (exact) mass is 228 g/mol.